The lowest BCUT2D eigenvalue weighted by atomic mass is 9.99. The molecule has 2 heteroatoms. The number of aryl methyl sites for hydroxylation is 1. The van der Waals surface area contributed by atoms with Crippen LogP contribution in [0.2, 0.25) is 0 Å². The molecule has 0 saturated carbocycles. The number of benzene rings is 1. The van der Waals surface area contributed by atoms with Gasteiger partial charge in [-0.1, -0.05) is 23.6 Å². The number of fused-ring (bicyclic) bond motifs is 1. The molecule has 0 radical (unpaired) electrons. The molecule has 0 saturated heterocycles. The number of rotatable bonds is 0. The number of hydrogen-bond donors (Lipinski definition) is 1. The summed E-state index contributed by atoms with van der Waals surface area (Å²) in [5.41, 5.74) is 3.06. The summed E-state index contributed by atoms with van der Waals surface area (Å²) in [6.45, 7) is 3.76. The van der Waals surface area contributed by atoms with Gasteiger partial charge in [-0.2, -0.15) is 0 Å². The molecule has 1 aliphatic rings. The third-order valence-electron chi connectivity index (χ3n) is 2.33. The minimum Gasteiger partial charge on any atom is -0.324 e. The van der Waals surface area contributed by atoms with Crippen molar-refractivity contribution in [3.8, 4) is 11.8 Å². The van der Waals surface area contributed by atoms with E-state index in [1.54, 1.807) is 6.92 Å². The molecule has 1 unspecified atom stereocenters. The molecular weight excluding hydrogens is 174 g/mol. The zero-order valence-corrected chi connectivity index (χ0v) is 8.22. The predicted molar refractivity (Wildman–Crippen MR) is 56.0 cm³/mol. The zero-order chi connectivity index (χ0) is 10.1. The van der Waals surface area contributed by atoms with Crippen molar-refractivity contribution in [2.75, 3.05) is 5.32 Å². The monoisotopic (exact) mass is 185 g/mol. The molecule has 0 bridgehead atoms. The third-order valence-corrected chi connectivity index (χ3v) is 2.33. The van der Waals surface area contributed by atoms with E-state index in [0.717, 1.165) is 16.8 Å². The topological polar surface area (TPSA) is 29.1 Å². The van der Waals surface area contributed by atoms with Crippen LogP contribution in [0.4, 0.5) is 5.69 Å². The lowest BCUT2D eigenvalue weighted by Gasteiger charge is -2.00. The lowest BCUT2D eigenvalue weighted by molar-refractivity contribution is -0.115. The van der Waals surface area contributed by atoms with Gasteiger partial charge in [0.2, 0.25) is 5.91 Å². The molecule has 0 aromatic heterocycles. The Morgan fingerprint density at radius 2 is 2.21 bits per heavy atom. The van der Waals surface area contributed by atoms with Gasteiger partial charge >= 0.3 is 0 Å². The summed E-state index contributed by atoms with van der Waals surface area (Å²) in [4.78, 5) is 11.5. The maximum absolute atomic E-state index is 11.5. The third kappa shape index (κ3) is 1.27. The number of carbonyl (C=O) groups is 1. The van der Waals surface area contributed by atoms with E-state index >= 15 is 0 Å². The van der Waals surface area contributed by atoms with Crippen molar-refractivity contribution < 1.29 is 4.79 Å². The number of hydrogen-bond acceptors (Lipinski definition) is 1. The minimum atomic E-state index is -0.283. The smallest absolute Gasteiger partial charge is 0.244 e. The second-order valence-corrected chi connectivity index (χ2v) is 3.41. The average Bonchev–Trinajstić information content (AvgIpc) is 2.45. The van der Waals surface area contributed by atoms with Crippen LogP contribution in [0.25, 0.3) is 0 Å². The Bertz CT molecular complexity index is 451. The second-order valence-electron chi connectivity index (χ2n) is 3.41. The Kier molecular flexibility index (Phi) is 2.01. The molecule has 2 nitrogen and oxygen atoms in total. The summed E-state index contributed by atoms with van der Waals surface area (Å²) >= 11 is 0. The Morgan fingerprint density at radius 1 is 1.43 bits per heavy atom. The molecule has 1 atom stereocenters. The largest absolute Gasteiger partial charge is 0.324 e. The van der Waals surface area contributed by atoms with Gasteiger partial charge in [0, 0.05) is 11.3 Å². The van der Waals surface area contributed by atoms with E-state index in [9.17, 15) is 4.79 Å². The van der Waals surface area contributed by atoms with Gasteiger partial charge in [0.05, 0.1) is 0 Å². The standard InChI is InChI=1S/C12H11NO/c1-3-4-9-10-7-8(2)5-6-11(10)13-12(9)14/h5-7,9H,1-2H3,(H,13,14). The van der Waals surface area contributed by atoms with E-state index in [1.807, 2.05) is 25.1 Å². The Balaban J connectivity index is 2.53. The minimum absolute atomic E-state index is 0.0139. The van der Waals surface area contributed by atoms with Gasteiger partial charge in [-0.3, -0.25) is 4.79 Å². The van der Waals surface area contributed by atoms with Crippen LogP contribution in [0.1, 0.15) is 24.0 Å². The first-order chi connectivity index (χ1) is 6.72. The maximum Gasteiger partial charge on any atom is 0.244 e. The molecule has 0 fully saturated rings. The maximum atomic E-state index is 11.5. The molecule has 0 spiro atoms. The summed E-state index contributed by atoms with van der Waals surface area (Å²) < 4.78 is 0. The molecule has 1 aromatic carbocycles. The SMILES string of the molecule is CC#CC1C(=O)Nc2ccc(C)cc21. The lowest BCUT2D eigenvalue weighted by Crippen LogP contribution is -2.09. The number of nitrogens with one attached hydrogen (secondary N) is 1. The van der Waals surface area contributed by atoms with Crippen LogP contribution in [-0.2, 0) is 4.79 Å². The highest BCUT2D eigenvalue weighted by molar-refractivity contribution is 6.05. The van der Waals surface area contributed by atoms with Crippen LogP contribution >= 0.6 is 0 Å². The van der Waals surface area contributed by atoms with E-state index in [4.69, 9.17) is 0 Å². The molecule has 14 heavy (non-hydrogen) atoms. The van der Waals surface area contributed by atoms with Gasteiger partial charge in [-0.05, 0) is 19.9 Å². The van der Waals surface area contributed by atoms with Gasteiger partial charge in [0.15, 0.2) is 0 Å². The van der Waals surface area contributed by atoms with E-state index in [0.29, 0.717) is 0 Å². The fourth-order valence-corrected chi connectivity index (χ4v) is 1.67. The normalized spacial score (nSPS) is 18.1. The van der Waals surface area contributed by atoms with Crippen LogP contribution in [0.15, 0.2) is 18.2 Å². The van der Waals surface area contributed by atoms with Gasteiger partial charge in [-0.15, -0.1) is 5.92 Å². The van der Waals surface area contributed by atoms with E-state index < -0.39 is 0 Å². The molecule has 1 aromatic rings. The van der Waals surface area contributed by atoms with Gasteiger partial charge in [0.1, 0.15) is 5.92 Å². The molecule has 1 amide bonds. The van der Waals surface area contributed by atoms with Crippen molar-refractivity contribution in [1.29, 1.82) is 0 Å². The molecule has 70 valence electrons. The zero-order valence-electron chi connectivity index (χ0n) is 8.22. The predicted octanol–water partition coefficient (Wildman–Crippen LogP) is 2.05. The van der Waals surface area contributed by atoms with Gasteiger partial charge in [0.25, 0.3) is 0 Å². The second kappa shape index (κ2) is 3.19. The highest BCUT2D eigenvalue weighted by Crippen LogP contribution is 2.32. The molecule has 2 rings (SSSR count). The van der Waals surface area contributed by atoms with Crippen LogP contribution in [0.5, 0.6) is 0 Å². The Morgan fingerprint density at radius 3 is 2.93 bits per heavy atom. The number of amides is 1. The van der Waals surface area contributed by atoms with Crippen molar-refractivity contribution in [3.63, 3.8) is 0 Å². The summed E-state index contributed by atoms with van der Waals surface area (Å²) in [5.74, 6) is 5.41. The molecule has 1 aliphatic heterocycles. The van der Waals surface area contributed by atoms with Crippen LogP contribution in [0.3, 0.4) is 0 Å². The van der Waals surface area contributed by atoms with Crippen molar-refractivity contribution in [1.82, 2.24) is 0 Å². The van der Waals surface area contributed by atoms with E-state index in [1.165, 1.54) is 0 Å². The van der Waals surface area contributed by atoms with Crippen LogP contribution in [-0.4, -0.2) is 5.91 Å². The summed E-state index contributed by atoms with van der Waals surface area (Å²) in [6, 6.07) is 5.93. The molecule has 1 N–H and O–H groups in total. The van der Waals surface area contributed by atoms with Crippen LogP contribution in [0, 0.1) is 18.8 Å². The Labute approximate surface area is 83.3 Å². The van der Waals surface area contributed by atoms with Crippen molar-refractivity contribution in [3.05, 3.63) is 29.3 Å². The first kappa shape index (κ1) is 8.83. The van der Waals surface area contributed by atoms with Crippen molar-refractivity contribution >= 4 is 11.6 Å². The van der Waals surface area contributed by atoms with Gasteiger partial charge in [-0.25, -0.2) is 0 Å². The fraction of sp³-hybridized carbons (Fsp3) is 0.250. The quantitative estimate of drug-likeness (QED) is 0.616. The van der Waals surface area contributed by atoms with E-state index in [-0.39, 0.29) is 11.8 Å². The molecule has 1 heterocycles. The summed E-state index contributed by atoms with van der Waals surface area (Å²) in [5, 5.41) is 2.82. The summed E-state index contributed by atoms with van der Waals surface area (Å²) in [7, 11) is 0. The Hall–Kier alpha value is -1.75. The van der Waals surface area contributed by atoms with Crippen LogP contribution < -0.4 is 5.32 Å². The average molecular weight is 185 g/mol. The first-order valence-corrected chi connectivity index (χ1v) is 4.56. The number of anilines is 1. The highest BCUT2D eigenvalue weighted by atomic mass is 16.2. The fourth-order valence-electron chi connectivity index (χ4n) is 1.67. The van der Waals surface area contributed by atoms with Gasteiger partial charge < -0.3 is 5.32 Å². The van der Waals surface area contributed by atoms with Crippen molar-refractivity contribution in [2.45, 2.75) is 19.8 Å². The summed E-state index contributed by atoms with van der Waals surface area (Å²) in [6.07, 6.45) is 0. The number of carbonyl (C=O) groups excluding carboxylic acids is 1. The first-order valence-electron chi connectivity index (χ1n) is 4.56. The van der Waals surface area contributed by atoms with Crippen molar-refractivity contribution in [2.24, 2.45) is 0 Å². The molecule has 0 aliphatic carbocycles. The molecular formula is C12H11NO. The highest BCUT2D eigenvalue weighted by Gasteiger charge is 2.28. The van der Waals surface area contributed by atoms with E-state index in [2.05, 4.69) is 17.2 Å².